The van der Waals surface area contributed by atoms with E-state index in [0.29, 0.717) is 30.8 Å². The number of hydrogen-bond acceptors (Lipinski definition) is 4. The predicted molar refractivity (Wildman–Crippen MR) is 125 cm³/mol. The first-order valence-electron chi connectivity index (χ1n) is 11.5. The smallest absolute Gasteiger partial charge is 0.257 e. The van der Waals surface area contributed by atoms with Crippen LogP contribution in [0.4, 0.5) is 0 Å². The number of carbonyl (C=O) groups is 1. The van der Waals surface area contributed by atoms with Crippen molar-refractivity contribution >= 4 is 15.9 Å². The van der Waals surface area contributed by atoms with Crippen LogP contribution in [0.3, 0.4) is 0 Å². The fourth-order valence-electron chi connectivity index (χ4n) is 4.72. The predicted octanol–water partition coefficient (Wildman–Crippen LogP) is 4.24. The summed E-state index contributed by atoms with van der Waals surface area (Å²) >= 11 is 0. The van der Waals surface area contributed by atoms with Crippen LogP contribution < -0.4 is 9.46 Å². The molecule has 0 bridgehead atoms. The van der Waals surface area contributed by atoms with Crippen molar-refractivity contribution in [1.82, 2.24) is 9.62 Å². The van der Waals surface area contributed by atoms with Crippen molar-refractivity contribution < 1.29 is 17.9 Å². The fourth-order valence-corrected chi connectivity index (χ4v) is 6.06. The number of hydrogen-bond donors (Lipinski definition) is 1. The normalized spacial score (nSPS) is 17.1. The second kappa shape index (κ2) is 9.63. The number of fused-ring (bicyclic) bond motifs is 1. The van der Waals surface area contributed by atoms with Gasteiger partial charge in [0.05, 0.1) is 17.6 Å². The van der Waals surface area contributed by atoms with Crippen molar-refractivity contribution in [3.05, 3.63) is 58.7 Å². The van der Waals surface area contributed by atoms with Crippen LogP contribution in [0.2, 0.25) is 0 Å². The zero-order valence-corrected chi connectivity index (χ0v) is 19.7. The molecule has 1 heterocycles. The van der Waals surface area contributed by atoms with E-state index >= 15 is 0 Å². The quantitative estimate of drug-likeness (QED) is 0.676. The van der Waals surface area contributed by atoms with Crippen LogP contribution in [0, 0.1) is 0 Å². The van der Waals surface area contributed by atoms with Crippen LogP contribution in [-0.4, -0.2) is 39.4 Å². The molecule has 6 nitrogen and oxygen atoms in total. The van der Waals surface area contributed by atoms with Crippen molar-refractivity contribution in [3.8, 4) is 5.75 Å². The lowest BCUT2D eigenvalue weighted by molar-refractivity contribution is 0.0789. The molecule has 1 amide bonds. The summed E-state index contributed by atoms with van der Waals surface area (Å²) in [5.74, 6) is 0.209. The Balaban J connectivity index is 1.61. The van der Waals surface area contributed by atoms with Gasteiger partial charge in [0.25, 0.3) is 5.91 Å². The molecule has 0 aromatic heterocycles. The zero-order valence-electron chi connectivity index (χ0n) is 18.9. The number of benzene rings is 2. The topological polar surface area (TPSA) is 75.7 Å². The molecular formula is C25H32N2O4S. The van der Waals surface area contributed by atoms with Crippen molar-refractivity contribution in [1.29, 1.82) is 0 Å². The molecule has 0 radical (unpaired) electrons. The van der Waals surface area contributed by atoms with Gasteiger partial charge in [0.15, 0.2) is 0 Å². The first kappa shape index (κ1) is 22.8. The monoisotopic (exact) mass is 456 g/mol. The highest BCUT2D eigenvalue weighted by atomic mass is 32.2. The van der Waals surface area contributed by atoms with E-state index in [-0.39, 0.29) is 16.8 Å². The van der Waals surface area contributed by atoms with Crippen LogP contribution in [-0.2, 0) is 22.9 Å². The van der Waals surface area contributed by atoms with Gasteiger partial charge >= 0.3 is 0 Å². The molecule has 1 saturated heterocycles. The molecule has 172 valence electrons. The molecule has 7 heteroatoms. The lowest BCUT2D eigenvalue weighted by Gasteiger charge is -2.22. The number of sulfonamides is 1. The van der Waals surface area contributed by atoms with E-state index in [0.717, 1.165) is 31.2 Å². The van der Waals surface area contributed by atoms with E-state index < -0.39 is 10.0 Å². The number of likely N-dealkylation sites (tertiary alicyclic amines) is 1. The lowest BCUT2D eigenvalue weighted by atomic mass is 9.89. The van der Waals surface area contributed by atoms with E-state index in [4.69, 9.17) is 4.74 Å². The molecule has 1 N–H and O–H groups in total. The van der Waals surface area contributed by atoms with Crippen LogP contribution in [0.1, 0.15) is 72.1 Å². The maximum absolute atomic E-state index is 13.3. The van der Waals surface area contributed by atoms with Gasteiger partial charge in [-0.1, -0.05) is 25.1 Å². The van der Waals surface area contributed by atoms with Gasteiger partial charge in [-0.2, -0.15) is 0 Å². The van der Waals surface area contributed by atoms with Crippen LogP contribution in [0.15, 0.2) is 41.3 Å². The number of rotatable bonds is 7. The van der Waals surface area contributed by atoms with Crippen molar-refractivity contribution in [2.75, 3.05) is 20.2 Å². The molecule has 1 aliphatic heterocycles. The summed E-state index contributed by atoms with van der Waals surface area (Å²) in [7, 11) is -2.33. The number of ether oxygens (including phenoxy) is 1. The summed E-state index contributed by atoms with van der Waals surface area (Å²) in [6.45, 7) is 3.35. The van der Waals surface area contributed by atoms with Crippen molar-refractivity contribution in [3.63, 3.8) is 0 Å². The van der Waals surface area contributed by atoms with E-state index in [2.05, 4.69) is 16.9 Å². The van der Waals surface area contributed by atoms with Gasteiger partial charge < -0.3 is 9.64 Å². The second-order valence-corrected chi connectivity index (χ2v) is 10.4. The summed E-state index contributed by atoms with van der Waals surface area (Å²) in [5, 5.41) is 0. The van der Waals surface area contributed by atoms with Gasteiger partial charge in [-0.3, -0.25) is 4.79 Å². The van der Waals surface area contributed by atoms with E-state index in [1.807, 2.05) is 13.0 Å². The molecule has 1 atom stereocenters. The molecule has 0 saturated carbocycles. The summed E-state index contributed by atoms with van der Waals surface area (Å²) in [4.78, 5) is 14.8. The number of amides is 1. The summed E-state index contributed by atoms with van der Waals surface area (Å²) < 4.78 is 34.8. The van der Waals surface area contributed by atoms with E-state index in [9.17, 15) is 13.2 Å². The number of methoxy groups -OCH3 is 1. The molecule has 1 aliphatic carbocycles. The van der Waals surface area contributed by atoms with Crippen LogP contribution in [0.5, 0.6) is 5.75 Å². The average Bonchev–Trinajstić information content (AvgIpc) is 3.36. The maximum atomic E-state index is 13.3. The van der Waals surface area contributed by atoms with Crippen molar-refractivity contribution in [2.45, 2.75) is 62.8 Å². The maximum Gasteiger partial charge on any atom is 0.257 e. The SMILES string of the molecule is CCC(NS(=O)(=O)c1ccc(OC)c(C(=O)N2CCCC2)c1)c1ccc2c(c1)CCCC2. The molecule has 2 aromatic carbocycles. The molecule has 32 heavy (non-hydrogen) atoms. The summed E-state index contributed by atoms with van der Waals surface area (Å²) in [5.41, 5.74) is 3.98. The van der Waals surface area contributed by atoms with Crippen molar-refractivity contribution in [2.24, 2.45) is 0 Å². The highest BCUT2D eigenvalue weighted by molar-refractivity contribution is 7.89. The minimum atomic E-state index is -3.82. The van der Waals surface area contributed by atoms with E-state index in [1.165, 1.54) is 43.2 Å². The van der Waals surface area contributed by atoms with Gasteiger partial charge in [0, 0.05) is 19.1 Å². The average molecular weight is 457 g/mol. The number of carbonyl (C=O) groups excluding carboxylic acids is 1. The Labute approximate surface area is 191 Å². The highest BCUT2D eigenvalue weighted by Gasteiger charge is 2.27. The molecule has 2 aromatic rings. The van der Waals surface area contributed by atoms with Gasteiger partial charge in [-0.25, -0.2) is 13.1 Å². The first-order chi connectivity index (χ1) is 15.4. The molecule has 2 aliphatic rings. The Bertz CT molecular complexity index is 1090. The van der Waals surface area contributed by atoms with Gasteiger partial charge in [-0.05, 0) is 79.8 Å². The largest absolute Gasteiger partial charge is 0.496 e. The Morgan fingerprint density at radius 2 is 1.75 bits per heavy atom. The standard InChI is InChI=1S/C25H32N2O4S/c1-3-23(20-11-10-18-8-4-5-9-19(18)16-20)26-32(29,30)21-12-13-24(31-2)22(17-21)25(28)27-14-6-7-15-27/h10-13,16-17,23,26H,3-9,14-15H2,1-2H3. The Hall–Kier alpha value is -2.38. The lowest BCUT2D eigenvalue weighted by Crippen LogP contribution is -2.30. The zero-order chi connectivity index (χ0) is 22.7. The van der Waals surface area contributed by atoms with Crippen LogP contribution >= 0.6 is 0 Å². The second-order valence-electron chi connectivity index (χ2n) is 8.68. The molecule has 1 unspecified atom stereocenters. The minimum absolute atomic E-state index is 0.0808. The summed E-state index contributed by atoms with van der Waals surface area (Å²) in [6.07, 6.45) is 7.10. The molecule has 4 rings (SSSR count). The number of nitrogens with zero attached hydrogens (tertiary/aromatic N) is 1. The summed E-state index contributed by atoms with van der Waals surface area (Å²) in [6, 6.07) is 10.5. The number of aryl methyl sites for hydroxylation is 2. The Kier molecular flexibility index (Phi) is 6.86. The third-order valence-electron chi connectivity index (χ3n) is 6.59. The molecular weight excluding hydrogens is 424 g/mol. The van der Waals surface area contributed by atoms with Gasteiger partial charge in [0.2, 0.25) is 10.0 Å². The van der Waals surface area contributed by atoms with Gasteiger partial charge in [0.1, 0.15) is 5.75 Å². The van der Waals surface area contributed by atoms with Gasteiger partial charge in [-0.15, -0.1) is 0 Å². The fraction of sp³-hybridized carbons (Fsp3) is 0.480. The molecule has 0 spiro atoms. The first-order valence-corrected chi connectivity index (χ1v) is 13.0. The highest BCUT2D eigenvalue weighted by Crippen LogP contribution is 2.29. The van der Waals surface area contributed by atoms with E-state index in [1.54, 1.807) is 11.0 Å². The minimum Gasteiger partial charge on any atom is -0.496 e. The third-order valence-corrected chi connectivity index (χ3v) is 8.05. The van der Waals surface area contributed by atoms with Crippen LogP contribution in [0.25, 0.3) is 0 Å². The third kappa shape index (κ3) is 4.69. The molecule has 1 fully saturated rings. The Morgan fingerprint density at radius 3 is 2.44 bits per heavy atom. The number of nitrogens with one attached hydrogen (secondary N) is 1. The Morgan fingerprint density at radius 1 is 1.03 bits per heavy atom.